The number of aryl methyl sites for hydroxylation is 1. The Kier molecular flexibility index (Phi) is 6.29. The summed E-state index contributed by atoms with van der Waals surface area (Å²) in [5, 5.41) is 6.61. The van der Waals surface area contributed by atoms with Crippen LogP contribution in [-0.2, 0) is 20.1 Å². The topological polar surface area (TPSA) is 50.6 Å². The lowest BCUT2D eigenvalue weighted by atomic mass is 10.2. The first-order chi connectivity index (χ1) is 11.2. The molecule has 0 unspecified atom stereocenters. The number of rotatable bonds is 7. The Morgan fingerprint density at radius 1 is 1.26 bits per heavy atom. The molecule has 122 valence electrons. The summed E-state index contributed by atoms with van der Waals surface area (Å²) >= 11 is 0. The van der Waals surface area contributed by atoms with Crippen LogP contribution in [-0.4, -0.2) is 24.2 Å². The predicted molar refractivity (Wildman–Crippen MR) is 94.6 cm³/mol. The Morgan fingerprint density at radius 2 is 2.04 bits per heavy atom. The van der Waals surface area contributed by atoms with Crippen LogP contribution in [0.15, 0.2) is 60.4 Å². The number of aliphatic imine (C=N–C) groups is 1. The molecule has 0 fully saturated rings. The molecule has 1 heterocycles. The van der Waals surface area contributed by atoms with E-state index < -0.39 is 0 Å². The molecule has 0 saturated heterocycles. The number of para-hydroxylation sites is 1. The number of nitrogens with one attached hydrogen (secondary N) is 2. The quantitative estimate of drug-likeness (QED) is 0.469. The van der Waals surface area contributed by atoms with Gasteiger partial charge in [-0.05, 0) is 17.7 Å². The summed E-state index contributed by atoms with van der Waals surface area (Å²) in [5.74, 6) is 1.62. The van der Waals surface area contributed by atoms with Crippen LogP contribution < -0.4 is 15.4 Å². The molecular formula is C18H24N4O. The summed E-state index contributed by atoms with van der Waals surface area (Å²) in [7, 11) is 3.77. The average Bonchev–Trinajstić information content (AvgIpc) is 2.99. The van der Waals surface area contributed by atoms with Crippen molar-refractivity contribution in [1.29, 1.82) is 0 Å². The highest BCUT2D eigenvalue weighted by atomic mass is 16.5. The molecule has 0 radical (unpaired) electrons. The average molecular weight is 312 g/mol. The second kappa shape index (κ2) is 8.68. The standard InChI is InChI=1S/C18H24N4O/c1-4-11-23-17-8-6-5-7-16(17)13-21-18(19-2)20-12-15-9-10-22(3)14-15/h4-10,14H,1,11-13H2,2-3H3,(H2,19,20,21). The molecule has 0 aliphatic rings. The van der Waals surface area contributed by atoms with Crippen molar-refractivity contribution in [3.8, 4) is 5.75 Å². The predicted octanol–water partition coefficient (Wildman–Crippen LogP) is 2.46. The Hall–Kier alpha value is -2.69. The molecule has 0 spiro atoms. The lowest BCUT2D eigenvalue weighted by molar-refractivity contribution is 0.358. The van der Waals surface area contributed by atoms with Gasteiger partial charge in [-0.2, -0.15) is 0 Å². The van der Waals surface area contributed by atoms with E-state index in [-0.39, 0.29) is 0 Å². The van der Waals surface area contributed by atoms with Gasteiger partial charge in [-0.15, -0.1) is 0 Å². The molecule has 2 rings (SSSR count). The third kappa shape index (κ3) is 5.21. The maximum absolute atomic E-state index is 5.66. The molecule has 5 nitrogen and oxygen atoms in total. The van der Waals surface area contributed by atoms with Crippen molar-refractivity contribution in [2.75, 3.05) is 13.7 Å². The van der Waals surface area contributed by atoms with Gasteiger partial charge >= 0.3 is 0 Å². The molecule has 0 aliphatic heterocycles. The van der Waals surface area contributed by atoms with Crippen molar-refractivity contribution in [2.24, 2.45) is 12.0 Å². The number of guanidine groups is 1. The zero-order chi connectivity index (χ0) is 16.5. The third-order valence-electron chi connectivity index (χ3n) is 3.35. The van der Waals surface area contributed by atoms with Gasteiger partial charge in [0.05, 0.1) is 0 Å². The van der Waals surface area contributed by atoms with Crippen LogP contribution in [0.2, 0.25) is 0 Å². The van der Waals surface area contributed by atoms with Gasteiger partial charge in [0.25, 0.3) is 0 Å². The fraction of sp³-hybridized carbons (Fsp3) is 0.278. The molecule has 2 N–H and O–H groups in total. The van der Waals surface area contributed by atoms with Crippen LogP contribution in [0, 0.1) is 0 Å². The van der Waals surface area contributed by atoms with Crippen LogP contribution in [0.5, 0.6) is 5.75 Å². The molecule has 5 heteroatoms. The number of aromatic nitrogens is 1. The minimum Gasteiger partial charge on any atom is -0.489 e. The Labute approximate surface area is 137 Å². The highest BCUT2D eigenvalue weighted by molar-refractivity contribution is 5.79. The molecule has 2 aromatic rings. The highest BCUT2D eigenvalue weighted by Crippen LogP contribution is 2.17. The van der Waals surface area contributed by atoms with Gasteiger partial charge in [0.1, 0.15) is 12.4 Å². The minimum atomic E-state index is 0.498. The number of hydrogen-bond donors (Lipinski definition) is 2. The van der Waals surface area contributed by atoms with E-state index in [1.54, 1.807) is 13.1 Å². The summed E-state index contributed by atoms with van der Waals surface area (Å²) < 4.78 is 7.69. The third-order valence-corrected chi connectivity index (χ3v) is 3.35. The zero-order valence-electron chi connectivity index (χ0n) is 13.7. The van der Waals surface area contributed by atoms with Gasteiger partial charge in [-0.25, -0.2) is 0 Å². The van der Waals surface area contributed by atoms with Crippen LogP contribution >= 0.6 is 0 Å². The molecule has 0 saturated carbocycles. The van der Waals surface area contributed by atoms with Crippen molar-refractivity contribution < 1.29 is 4.74 Å². The number of benzene rings is 1. The maximum atomic E-state index is 5.66. The molecule has 1 aromatic carbocycles. The van der Waals surface area contributed by atoms with Crippen molar-refractivity contribution in [3.63, 3.8) is 0 Å². The van der Waals surface area contributed by atoms with E-state index in [9.17, 15) is 0 Å². The number of hydrogen-bond acceptors (Lipinski definition) is 2. The first-order valence-corrected chi connectivity index (χ1v) is 7.60. The highest BCUT2D eigenvalue weighted by Gasteiger charge is 2.04. The first-order valence-electron chi connectivity index (χ1n) is 7.60. The lowest BCUT2D eigenvalue weighted by Crippen LogP contribution is -2.36. The van der Waals surface area contributed by atoms with Gasteiger partial charge in [0.2, 0.25) is 0 Å². The molecule has 0 atom stereocenters. The first kappa shape index (κ1) is 16.7. The van der Waals surface area contributed by atoms with E-state index in [4.69, 9.17) is 4.74 Å². The van der Waals surface area contributed by atoms with Crippen molar-refractivity contribution >= 4 is 5.96 Å². The number of nitrogens with zero attached hydrogens (tertiary/aromatic N) is 2. The minimum absolute atomic E-state index is 0.498. The van der Waals surface area contributed by atoms with E-state index >= 15 is 0 Å². The van der Waals surface area contributed by atoms with Crippen LogP contribution in [0.1, 0.15) is 11.1 Å². The van der Waals surface area contributed by atoms with Crippen LogP contribution in [0.4, 0.5) is 0 Å². The Morgan fingerprint density at radius 3 is 2.74 bits per heavy atom. The fourth-order valence-electron chi connectivity index (χ4n) is 2.19. The van der Waals surface area contributed by atoms with E-state index in [0.717, 1.165) is 23.8 Å². The van der Waals surface area contributed by atoms with Crippen LogP contribution in [0.25, 0.3) is 0 Å². The van der Waals surface area contributed by atoms with Crippen molar-refractivity contribution in [1.82, 2.24) is 15.2 Å². The van der Waals surface area contributed by atoms with Crippen molar-refractivity contribution in [2.45, 2.75) is 13.1 Å². The van der Waals surface area contributed by atoms with E-state index in [2.05, 4.69) is 34.5 Å². The fourth-order valence-corrected chi connectivity index (χ4v) is 2.19. The van der Waals surface area contributed by atoms with Gasteiger partial charge in [0.15, 0.2) is 5.96 Å². The normalized spacial score (nSPS) is 11.1. The smallest absolute Gasteiger partial charge is 0.191 e. The van der Waals surface area contributed by atoms with Gasteiger partial charge in [-0.1, -0.05) is 30.9 Å². The second-order valence-electron chi connectivity index (χ2n) is 5.17. The molecule has 1 aromatic heterocycles. The van der Waals surface area contributed by atoms with Crippen LogP contribution in [0.3, 0.4) is 0 Å². The van der Waals surface area contributed by atoms with E-state index in [0.29, 0.717) is 13.2 Å². The summed E-state index contributed by atoms with van der Waals surface area (Å²) in [6, 6.07) is 10.0. The van der Waals surface area contributed by atoms with Gasteiger partial charge < -0.3 is 19.9 Å². The molecular weight excluding hydrogens is 288 g/mol. The summed E-state index contributed by atoms with van der Waals surface area (Å²) in [4.78, 5) is 4.25. The summed E-state index contributed by atoms with van der Waals surface area (Å²) in [6.45, 7) is 5.55. The largest absolute Gasteiger partial charge is 0.489 e. The molecule has 0 aliphatic carbocycles. The SMILES string of the molecule is C=CCOc1ccccc1CNC(=NC)NCc1ccn(C)c1. The maximum Gasteiger partial charge on any atom is 0.191 e. The zero-order valence-corrected chi connectivity index (χ0v) is 13.7. The molecule has 0 bridgehead atoms. The Bertz CT molecular complexity index is 661. The second-order valence-corrected chi connectivity index (χ2v) is 5.17. The monoisotopic (exact) mass is 312 g/mol. The number of ether oxygens (including phenoxy) is 1. The van der Waals surface area contributed by atoms with Gasteiger partial charge in [0, 0.05) is 45.1 Å². The Balaban J connectivity index is 1.89. The lowest BCUT2D eigenvalue weighted by Gasteiger charge is -2.14. The van der Waals surface area contributed by atoms with Gasteiger partial charge in [-0.3, -0.25) is 4.99 Å². The van der Waals surface area contributed by atoms with Crippen molar-refractivity contribution in [3.05, 3.63) is 66.5 Å². The molecule has 0 amide bonds. The van der Waals surface area contributed by atoms with E-state index in [1.807, 2.05) is 42.1 Å². The molecule has 23 heavy (non-hydrogen) atoms. The summed E-state index contributed by atoms with van der Waals surface area (Å²) in [6.07, 6.45) is 5.85. The summed E-state index contributed by atoms with van der Waals surface area (Å²) in [5.41, 5.74) is 2.29. The van der Waals surface area contributed by atoms with E-state index in [1.165, 1.54) is 5.56 Å².